The summed E-state index contributed by atoms with van der Waals surface area (Å²) < 4.78 is 12.1. The van der Waals surface area contributed by atoms with Crippen LogP contribution in [0.1, 0.15) is 30.4 Å². The normalized spacial score (nSPS) is 25.8. The number of hydrogen-bond donors (Lipinski definition) is 0. The predicted molar refractivity (Wildman–Crippen MR) is 79.5 cm³/mol. The smallest absolute Gasteiger partial charge is 0.195 e. The Morgan fingerprint density at radius 3 is 2.35 bits per heavy atom. The average Bonchev–Trinajstić information content (AvgIpc) is 2.95. The molecule has 0 aromatic heterocycles. The molecule has 1 aliphatic heterocycles. The van der Waals surface area contributed by atoms with Crippen LogP contribution in [0.4, 0.5) is 0 Å². The summed E-state index contributed by atoms with van der Waals surface area (Å²) in [6, 6.07) is 20.8. The maximum absolute atomic E-state index is 6.11. The quantitative estimate of drug-likeness (QED) is 0.832. The molecule has 2 aromatic carbocycles. The number of benzene rings is 2. The van der Waals surface area contributed by atoms with Crippen LogP contribution in [0.5, 0.6) is 0 Å². The highest BCUT2D eigenvalue weighted by Gasteiger charge is 2.43. The van der Waals surface area contributed by atoms with E-state index in [9.17, 15) is 0 Å². The fourth-order valence-electron chi connectivity index (χ4n) is 2.93. The molecular weight excluding hydrogens is 248 g/mol. The highest BCUT2D eigenvalue weighted by Crippen LogP contribution is 2.44. The largest absolute Gasteiger partial charge is 0.346 e. The lowest BCUT2D eigenvalue weighted by molar-refractivity contribution is -0.216. The number of rotatable bonds is 4. The van der Waals surface area contributed by atoms with Gasteiger partial charge in [0.05, 0.1) is 6.61 Å². The van der Waals surface area contributed by atoms with Gasteiger partial charge in [-0.15, -0.1) is 0 Å². The Kier molecular flexibility index (Phi) is 3.86. The van der Waals surface area contributed by atoms with E-state index in [1.54, 1.807) is 0 Å². The Balaban J connectivity index is 1.87. The topological polar surface area (TPSA) is 18.5 Å². The summed E-state index contributed by atoms with van der Waals surface area (Å²) in [4.78, 5) is 0. The number of hydrogen-bond acceptors (Lipinski definition) is 2. The summed E-state index contributed by atoms with van der Waals surface area (Å²) >= 11 is 0. The lowest BCUT2D eigenvalue weighted by Crippen LogP contribution is -2.28. The van der Waals surface area contributed by atoms with Gasteiger partial charge in [0.15, 0.2) is 5.79 Å². The van der Waals surface area contributed by atoms with Crippen molar-refractivity contribution in [1.82, 2.24) is 0 Å². The van der Waals surface area contributed by atoms with Gasteiger partial charge in [0.25, 0.3) is 0 Å². The van der Waals surface area contributed by atoms with E-state index in [4.69, 9.17) is 9.47 Å². The summed E-state index contributed by atoms with van der Waals surface area (Å²) in [6.07, 6.45) is 0.870. The zero-order chi connectivity index (χ0) is 13.8. The van der Waals surface area contributed by atoms with Crippen LogP contribution in [0.25, 0.3) is 0 Å². The van der Waals surface area contributed by atoms with Gasteiger partial charge in [-0.1, -0.05) is 60.7 Å². The first-order valence-electron chi connectivity index (χ1n) is 7.22. The van der Waals surface area contributed by atoms with E-state index in [0.717, 1.165) is 12.0 Å². The zero-order valence-electron chi connectivity index (χ0n) is 11.8. The van der Waals surface area contributed by atoms with Crippen molar-refractivity contribution in [3.63, 3.8) is 0 Å². The molecule has 2 unspecified atom stereocenters. The van der Waals surface area contributed by atoms with Crippen molar-refractivity contribution in [1.29, 1.82) is 0 Å². The van der Waals surface area contributed by atoms with Crippen LogP contribution in [0.15, 0.2) is 60.7 Å². The fourth-order valence-corrected chi connectivity index (χ4v) is 2.93. The van der Waals surface area contributed by atoms with Gasteiger partial charge in [0, 0.05) is 24.5 Å². The van der Waals surface area contributed by atoms with Gasteiger partial charge in [0.1, 0.15) is 0 Å². The second-order valence-corrected chi connectivity index (χ2v) is 5.17. The van der Waals surface area contributed by atoms with Gasteiger partial charge in [-0.25, -0.2) is 0 Å². The summed E-state index contributed by atoms with van der Waals surface area (Å²) in [5.74, 6) is -0.195. The SMILES string of the molecule is CCOC1(c2ccccc2)CC(c2ccccc2)CO1. The van der Waals surface area contributed by atoms with Crippen LogP contribution >= 0.6 is 0 Å². The van der Waals surface area contributed by atoms with Crippen LogP contribution in [0.2, 0.25) is 0 Å². The third kappa shape index (κ3) is 2.49. The molecular formula is C18H20O2. The molecule has 0 saturated carbocycles. The first kappa shape index (κ1) is 13.3. The van der Waals surface area contributed by atoms with Crippen molar-refractivity contribution in [2.45, 2.75) is 25.0 Å². The molecule has 1 saturated heterocycles. The van der Waals surface area contributed by atoms with Crippen molar-refractivity contribution in [2.75, 3.05) is 13.2 Å². The highest BCUT2D eigenvalue weighted by atomic mass is 16.7. The molecule has 2 nitrogen and oxygen atoms in total. The Labute approximate surface area is 120 Å². The van der Waals surface area contributed by atoms with Crippen LogP contribution < -0.4 is 0 Å². The fraction of sp³-hybridized carbons (Fsp3) is 0.333. The third-order valence-corrected chi connectivity index (χ3v) is 3.89. The van der Waals surface area contributed by atoms with E-state index in [0.29, 0.717) is 19.1 Å². The molecule has 0 bridgehead atoms. The first-order valence-corrected chi connectivity index (χ1v) is 7.22. The molecule has 104 valence electrons. The monoisotopic (exact) mass is 268 g/mol. The molecule has 0 radical (unpaired) electrons. The highest BCUT2D eigenvalue weighted by molar-refractivity contribution is 5.26. The van der Waals surface area contributed by atoms with Gasteiger partial charge >= 0.3 is 0 Å². The molecule has 2 aromatic rings. The Morgan fingerprint density at radius 2 is 1.70 bits per heavy atom. The zero-order valence-corrected chi connectivity index (χ0v) is 11.8. The maximum Gasteiger partial charge on any atom is 0.195 e. The van der Waals surface area contributed by atoms with Crippen LogP contribution in [-0.2, 0) is 15.3 Å². The first-order chi connectivity index (χ1) is 9.84. The molecule has 0 spiro atoms. The number of ether oxygens (including phenoxy) is 2. The molecule has 3 rings (SSSR count). The summed E-state index contributed by atoms with van der Waals surface area (Å²) in [6.45, 7) is 3.37. The summed E-state index contributed by atoms with van der Waals surface area (Å²) in [5, 5.41) is 0. The molecule has 20 heavy (non-hydrogen) atoms. The van der Waals surface area contributed by atoms with Crippen molar-refractivity contribution in [2.24, 2.45) is 0 Å². The van der Waals surface area contributed by atoms with Crippen LogP contribution in [0, 0.1) is 0 Å². The van der Waals surface area contributed by atoms with Crippen LogP contribution in [0.3, 0.4) is 0 Å². The Hall–Kier alpha value is -1.64. The predicted octanol–water partition coefficient (Wildman–Crippen LogP) is 4.08. The maximum atomic E-state index is 6.11. The van der Waals surface area contributed by atoms with E-state index < -0.39 is 5.79 Å². The van der Waals surface area contributed by atoms with E-state index >= 15 is 0 Å². The van der Waals surface area contributed by atoms with Crippen molar-refractivity contribution >= 4 is 0 Å². The van der Waals surface area contributed by atoms with Gasteiger partial charge in [0.2, 0.25) is 0 Å². The van der Waals surface area contributed by atoms with E-state index in [1.807, 2.05) is 31.2 Å². The van der Waals surface area contributed by atoms with Gasteiger partial charge in [-0.3, -0.25) is 0 Å². The van der Waals surface area contributed by atoms with E-state index in [-0.39, 0.29) is 0 Å². The summed E-state index contributed by atoms with van der Waals surface area (Å²) in [5.41, 5.74) is 2.44. The Morgan fingerprint density at radius 1 is 1.05 bits per heavy atom. The molecule has 1 fully saturated rings. The van der Waals surface area contributed by atoms with Crippen molar-refractivity contribution in [3.05, 3.63) is 71.8 Å². The molecule has 2 heteroatoms. The third-order valence-electron chi connectivity index (χ3n) is 3.89. The van der Waals surface area contributed by atoms with Gasteiger partial charge < -0.3 is 9.47 Å². The molecule has 1 aliphatic rings. The molecule has 0 amide bonds. The molecule has 0 aliphatic carbocycles. The van der Waals surface area contributed by atoms with Crippen LogP contribution in [-0.4, -0.2) is 13.2 Å². The Bertz CT molecular complexity index is 538. The average molecular weight is 268 g/mol. The molecule has 2 atom stereocenters. The van der Waals surface area contributed by atoms with Crippen molar-refractivity contribution in [3.8, 4) is 0 Å². The van der Waals surface area contributed by atoms with Gasteiger partial charge in [-0.2, -0.15) is 0 Å². The van der Waals surface area contributed by atoms with Crippen molar-refractivity contribution < 1.29 is 9.47 Å². The standard InChI is InChI=1S/C18H20O2/c1-2-19-18(17-11-7-4-8-12-17)13-16(14-20-18)15-9-5-3-6-10-15/h3-12,16H,2,13-14H2,1H3. The van der Waals surface area contributed by atoms with E-state index in [1.165, 1.54) is 5.56 Å². The lowest BCUT2D eigenvalue weighted by Gasteiger charge is -2.28. The minimum atomic E-state index is -0.587. The summed E-state index contributed by atoms with van der Waals surface area (Å²) in [7, 11) is 0. The molecule has 1 heterocycles. The minimum Gasteiger partial charge on any atom is -0.346 e. The van der Waals surface area contributed by atoms with Gasteiger partial charge in [-0.05, 0) is 12.5 Å². The molecule has 0 N–H and O–H groups in total. The second-order valence-electron chi connectivity index (χ2n) is 5.17. The van der Waals surface area contributed by atoms with E-state index in [2.05, 4.69) is 36.4 Å². The second kappa shape index (κ2) is 5.78. The lowest BCUT2D eigenvalue weighted by atomic mass is 9.92. The minimum absolute atomic E-state index is 0.392.